The molecule has 0 unspecified atom stereocenters. The lowest BCUT2D eigenvalue weighted by Gasteiger charge is -2.12. The minimum atomic E-state index is -0.206. The quantitative estimate of drug-likeness (QED) is 0.781. The smallest absolute Gasteiger partial charge is 0.255 e. The van der Waals surface area contributed by atoms with Crippen LogP contribution in [0.2, 0.25) is 0 Å². The van der Waals surface area contributed by atoms with Gasteiger partial charge in [-0.05, 0) is 35.7 Å². The van der Waals surface area contributed by atoms with E-state index in [1.165, 1.54) is 0 Å². The molecule has 1 N–H and O–H groups in total. The van der Waals surface area contributed by atoms with Crippen LogP contribution >= 0.6 is 11.3 Å². The monoisotopic (exact) mass is 334 g/mol. The maximum atomic E-state index is 12.4. The summed E-state index contributed by atoms with van der Waals surface area (Å²) in [4.78, 5) is 29.9. The molecule has 3 aromatic rings. The van der Waals surface area contributed by atoms with Crippen molar-refractivity contribution >= 4 is 28.7 Å². The molecular formula is C19H14N2O2S. The van der Waals surface area contributed by atoms with Gasteiger partial charge in [-0.2, -0.15) is 0 Å². The Hall–Kier alpha value is -2.79. The highest BCUT2D eigenvalue weighted by molar-refractivity contribution is 7.13. The zero-order valence-electron chi connectivity index (χ0n) is 12.8. The fraction of sp³-hybridized carbons (Fsp3) is 0.105. The first kappa shape index (κ1) is 14.8. The summed E-state index contributed by atoms with van der Waals surface area (Å²) in [6, 6.07) is 12.8. The number of aromatic nitrogens is 1. The lowest BCUT2D eigenvalue weighted by molar-refractivity contribution is 0.0995. The molecule has 4 rings (SSSR count). The molecule has 0 spiro atoms. The van der Waals surface area contributed by atoms with E-state index < -0.39 is 0 Å². The largest absolute Gasteiger partial charge is 0.321 e. The number of ketones is 1. The van der Waals surface area contributed by atoms with Crippen molar-refractivity contribution in [1.82, 2.24) is 4.98 Å². The van der Waals surface area contributed by atoms with E-state index in [4.69, 9.17) is 0 Å². The number of rotatable bonds is 3. The van der Waals surface area contributed by atoms with Crippen LogP contribution in [0, 0.1) is 0 Å². The first-order chi connectivity index (χ1) is 11.7. The molecule has 1 aromatic heterocycles. The van der Waals surface area contributed by atoms with Gasteiger partial charge in [0.1, 0.15) is 0 Å². The maximum Gasteiger partial charge on any atom is 0.255 e. The van der Waals surface area contributed by atoms with Crippen LogP contribution in [-0.2, 0) is 6.42 Å². The van der Waals surface area contributed by atoms with Crippen LogP contribution in [-0.4, -0.2) is 16.7 Å². The van der Waals surface area contributed by atoms with E-state index in [2.05, 4.69) is 10.3 Å². The Balaban J connectivity index is 1.74. The summed E-state index contributed by atoms with van der Waals surface area (Å²) in [5, 5.41) is 2.89. The van der Waals surface area contributed by atoms with Gasteiger partial charge in [-0.3, -0.25) is 14.6 Å². The van der Waals surface area contributed by atoms with Gasteiger partial charge in [0.25, 0.3) is 5.91 Å². The lowest BCUT2D eigenvalue weighted by atomic mass is 10.00. The molecule has 0 fully saturated rings. The molecule has 0 aliphatic heterocycles. The van der Waals surface area contributed by atoms with Gasteiger partial charge in [-0.25, -0.2) is 0 Å². The van der Waals surface area contributed by atoms with Crippen molar-refractivity contribution in [2.45, 2.75) is 12.8 Å². The number of carbonyl (C=O) groups excluding carboxylic acids is 2. The average molecular weight is 334 g/mol. The zero-order valence-corrected chi connectivity index (χ0v) is 13.6. The molecule has 4 nitrogen and oxygen atoms in total. The van der Waals surface area contributed by atoms with Crippen molar-refractivity contribution < 1.29 is 9.59 Å². The number of Topliss-reactive ketones (excluding diaryl/α,β-unsaturated/α-hetero) is 1. The number of hydrogen-bond acceptors (Lipinski definition) is 4. The lowest BCUT2D eigenvalue weighted by Crippen LogP contribution is -2.14. The molecular weight excluding hydrogens is 320 g/mol. The van der Waals surface area contributed by atoms with E-state index in [1.807, 2.05) is 36.5 Å². The number of anilines is 1. The maximum absolute atomic E-state index is 12.4. The predicted molar refractivity (Wildman–Crippen MR) is 94.6 cm³/mol. The Morgan fingerprint density at radius 2 is 1.92 bits per heavy atom. The number of thiazole rings is 1. The molecule has 5 heteroatoms. The number of carbonyl (C=O) groups is 2. The van der Waals surface area contributed by atoms with Crippen molar-refractivity contribution in [1.29, 1.82) is 0 Å². The molecule has 1 aliphatic carbocycles. The highest BCUT2D eigenvalue weighted by Crippen LogP contribution is 2.38. The van der Waals surface area contributed by atoms with Gasteiger partial charge >= 0.3 is 0 Å². The third-order valence-electron chi connectivity index (χ3n) is 4.18. The second kappa shape index (κ2) is 6.02. The van der Waals surface area contributed by atoms with E-state index in [0.717, 1.165) is 16.0 Å². The number of benzene rings is 2. The van der Waals surface area contributed by atoms with E-state index in [-0.39, 0.29) is 11.7 Å². The predicted octanol–water partition coefficient (Wildman–Crippen LogP) is 4.19. The van der Waals surface area contributed by atoms with Crippen LogP contribution in [0.15, 0.2) is 54.2 Å². The summed E-state index contributed by atoms with van der Waals surface area (Å²) in [6.45, 7) is 0. The highest BCUT2D eigenvalue weighted by Gasteiger charge is 2.27. The Labute approximate surface area is 143 Å². The molecule has 0 atom stereocenters. The van der Waals surface area contributed by atoms with E-state index in [1.54, 1.807) is 29.0 Å². The van der Waals surface area contributed by atoms with E-state index in [0.29, 0.717) is 29.7 Å². The second-order valence-corrected chi connectivity index (χ2v) is 6.51. The first-order valence-electron chi connectivity index (χ1n) is 7.68. The van der Waals surface area contributed by atoms with E-state index in [9.17, 15) is 9.59 Å². The standard InChI is InChI=1S/C19H14N2O2S/c22-16-9-7-14-13(17-10-20-11-24-17)6-8-15(18(14)16)21-19(23)12-4-2-1-3-5-12/h1-6,8,10-11H,7,9H2,(H,21,23). The van der Waals surface area contributed by atoms with Gasteiger partial charge in [0.15, 0.2) is 5.78 Å². The summed E-state index contributed by atoms with van der Waals surface area (Å²) in [5.41, 5.74) is 5.64. The number of amides is 1. The van der Waals surface area contributed by atoms with Gasteiger partial charge in [-0.15, -0.1) is 11.3 Å². The van der Waals surface area contributed by atoms with Crippen molar-refractivity contribution in [2.75, 3.05) is 5.32 Å². The average Bonchev–Trinajstić information content (AvgIpc) is 3.27. The highest BCUT2D eigenvalue weighted by atomic mass is 32.1. The molecule has 0 saturated heterocycles. The van der Waals surface area contributed by atoms with Crippen LogP contribution in [0.5, 0.6) is 0 Å². The minimum absolute atomic E-state index is 0.0831. The van der Waals surface area contributed by atoms with Crippen molar-refractivity contribution in [3.63, 3.8) is 0 Å². The van der Waals surface area contributed by atoms with Crippen molar-refractivity contribution in [2.24, 2.45) is 0 Å². The number of nitrogens with zero attached hydrogens (tertiary/aromatic N) is 1. The molecule has 1 heterocycles. The summed E-state index contributed by atoms with van der Waals surface area (Å²) in [7, 11) is 0. The van der Waals surface area contributed by atoms with Crippen molar-refractivity contribution in [3.05, 3.63) is 70.9 Å². The Kier molecular flexibility index (Phi) is 3.70. The SMILES string of the molecule is O=C(Nc1ccc(-c2cncs2)c2c1C(=O)CC2)c1ccccc1. The molecule has 1 amide bonds. The van der Waals surface area contributed by atoms with Crippen LogP contribution in [0.25, 0.3) is 10.4 Å². The molecule has 2 aromatic carbocycles. The Morgan fingerprint density at radius 3 is 2.67 bits per heavy atom. The molecule has 1 aliphatic rings. The molecule has 0 radical (unpaired) electrons. The van der Waals surface area contributed by atoms with Crippen LogP contribution in [0.4, 0.5) is 5.69 Å². The molecule has 24 heavy (non-hydrogen) atoms. The van der Waals surface area contributed by atoms with Gasteiger partial charge in [0, 0.05) is 23.7 Å². The minimum Gasteiger partial charge on any atom is -0.321 e. The number of fused-ring (bicyclic) bond motifs is 1. The fourth-order valence-corrected chi connectivity index (χ4v) is 3.73. The fourth-order valence-electron chi connectivity index (χ4n) is 3.06. The van der Waals surface area contributed by atoms with Gasteiger partial charge in [0.05, 0.1) is 16.1 Å². The Morgan fingerprint density at radius 1 is 1.08 bits per heavy atom. The molecule has 118 valence electrons. The Bertz CT molecular complexity index is 918. The third kappa shape index (κ3) is 2.53. The first-order valence-corrected chi connectivity index (χ1v) is 8.56. The number of nitrogens with one attached hydrogen (secondary N) is 1. The molecule has 0 saturated carbocycles. The summed E-state index contributed by atoms with van der Waals surface area (Å²) in [5.74, 6) is -0.122. The summed E-state index contributed by atoms with van der Waals surface area (Å²) < 4.78 is 0. The normalized spacial score (nSPS) is 12.9. The van der Waals surface area contributed by atoms with Gasteiger partial charge < -0.3 is 5.32 Å². The third-order valence-corrected chi connectivity index (χ3v) is 4.98. The number of hydrogen-bond donors (Lipinski definition) is 1. The van der Waals surface area contributed by atoms with Gasteiger partial charge in [-0.1, -0.05) is 24.3 Å². The van der Waals surface area contributed by atoms with Gasteiger partial charge in [0.2, 0.25) is 0 Å². The topological polar surface area (TPSA) is 59.1 Å². The van der Waals surface area contributed by atoms with E-state index >= 15 is 0 Å². The zero-order chi connectivity index (χ0) is 16.5. The van der Waals surface area contributed by atoms with Crippen LogP contribution in [0.1, 0.15) is 32.7 Å². The second-order valence-electron chi connectivity index (χ2n) is 5.62. The summed E-state index contributed by atoms with van der Waals surface area (Å²) in [6.07, 6.45) is 3.00. The summed E-state index contributed by atoms with van der Waals surface area (Å²) >= 11 is 1.55. The van der Waals surface area contributed by atoms with Crippen LogP contribution < -0.4 is 5.32 Å². The van der Waals surface area contributed by atoms with Crippen LogP contribution in [0.3, 0.4) is 0 Å². The molecule has 0 bridgehead atoms. The van der Waals surface area contributed by atoms with Crippen molar-refractivity contribution in [3.8, 4) is 10.4 Å².